The Morgan fingerprint density at radius 2 is 2.07 bits per heavy atom. The van der Waals surface area contributed by atoms with Gasteiger partial charge in [0.25, 0.3) is 0 Å². The molecule has 8 nitrogen and oxygen atoms in total. The van der Waals surface area contributed by atoms with Crippen LogP contribution in [0, 0.1) is 5.92 Å². The van der Waals surface area contributed by atoms with Crippen LogP contribution >= 0.6 is 0 Å². The van der Waals surface area contributed by atoms with E-state index >= 15 is 0 Å². The molecule has 30 heavy (non-hydrogen) atoms. The predicted octanol–water partition coefficient (Wildman–Crippen LogP) is 2.19. The Morgan fingerprint density at radius 3 is 2.80 bits per heavy atom. The van der Waals surface area contributed by atoms with Gasteiger partial charge >= 0.3 is 5.97 Å². The average Bonchev–Trinajstić information content (AvgIpc) is 2.70. The van der Waals surface area contributed by atoms with Gasteiger partial charge in [0, 0.05) is 13.1 Å². The van der Waals surface area contributed by atoms with E-state index in [1.165, 1.54) is 0 Å². The van der Waals surface area contributed by atoms with Crippen molar-refractivity contribution in [2.45, 2.75) is 46.1 Å². The van der Waals surface area contributed by atoms with Crippen molar-refractivity contribution in [1.29, 1.82) is 0 Å². The lowest BCUT2D eigenvalue weighted by molar-refractivity contribution is -0.149. The first-order valence-electron chi connectivity index (χ1n) is 10.6. The molecule has 0 bridgehead atoms. The molecule has 0 saturated carbocycles. The van der Waals surface area contributed by atoms with Crippen LogP contribution in [0.2, 0.25) is 0 Å². The summed E-state index contributed by atoms with van der Waals surface area (Å²) in [4.78, 5) is 38.8. The zero-order chi connectivity index (χ0) is 21.9. The fourth-order valence-electron chi connectivity index (χ4n) is 3.05. The minimum absolute atomic E-state index is 0.00115. The summed E-state index contributed by atoms with van der Waals surface area (Å²) in [5, 5.41) is 5.61. The SMILES string of the molecule is CCCCOC(=O)CC1C(=O)NCCN1CC(=O)Nc1ccccc1OCC(C)C. The van der Waals surface area contributed by atoms with Crippen molar-refractivity contribution in [2.75, 3.05) is 38.2 Å². The number of benzene rings is 1. The second kappa shape index (κ2) is 12.2. The number of ether oxygens (including phenoxy) is 2. The molecule has 0 aliphatic carbocycles. The Balaban J connectivity index is 1.96. The van der Waals surface area contributed by atoms with Gasteiger partial charge in [-0.2, -0.15) is 0 Å². The second-order valence-corrected chi connectivity index (χ2v) is 7.80. The highest BCUT2D eigenvalue weighted by Gasteiger charge is 2.33. The summed E-state index contributed by atoms with van der Waals surface area (Å²) in [5.41, 5.74) is 0.583. The first kappa shape index (κ1) is 23.7. The number of nitrogens with one attached hydrogen (secondary N) is 2. The van der Waals surface area contributed by atoms with Crippen LogP contribution < -0.4 is 15.4 Å². The molecular formula is C22H33N3O5. The van der Waals surface area contributed by atoms with Gasteiger partial charge in [-0.3, -0.25) is 19.3 Å². The van der Waals surface area contributed by atoms with Crippen LogP contribution in [-0.4, -0.2) is 61.6 Å². The molecule has 2 amide bonds. The van der Waals surface area contributed by atoms with Gasteiger partial charge in [-0.05, 0) is 24.5 Å². The Hall–Kier alpha value is -2.61. The zero-order valence-corrected chi connectivity index (χ0v) is 18.1. The van der Waals surface area contributed by atoms with E-state index in [0.717, 1.165) is 12.8 Å². The third-order valence-electron chi connectivity index (χ3n) is 4.64. The van der Waals surface area contributed by atoms with Crippen molar-refractivity contribution in [2.24, 2.45) is 5.92 Å². The lowest BCUT2D eigenvalue weighted by Gasteiger charge is -2.33. The highest BCUT2D eigenvalue weighted by molar-refractivity contribution is 5.94. The van der Waals surface area contributed by atoms with E-state index in [0.29, 0.717) is 43.7 Å². The minimum atomic E-state index is -0.717. The zero-order valence-electron chi connectivity index (χ0n) is 18.1. The van der Waals surface area contributed by atoms with E-state index in [-0.39, 0.29) is 24.8 Å². The fraction of sp³-hybridized carbons (Fsp3) is 0.591. The summed E-state index contributed by atoms with van der Waals surface area (Å²) in [5.74, 6) is 0.00518. The van der Waals surface area contributed by atoms with E-state index in [9.17, 15) is 14.4 Å². The molecule has 1 aromatic rings. The van der Waals surface area contributed by atoms with Gasteiger partial charge < -0.3 is 20.1 Å². The number of piperazine rings is 1. The molecule has 1 fully saturated rings. The number of esters is 1. The second-order valence-electron chi connectivity index (χ2n) is 7.80. The minimum Gasteiger partial charge on any atom is -0.491 e. The van der Waals surface area contributed by atoms with Crippen molar-refractivity contribution in [3.63, 3.8) is 0 Å². The van der Waals surface area contributed by atoms with Gasteiger partial charge in [-0.1, -0.05) is 39.3 Å². The summed E-state index contributed by atoms with van der Waals surface area (Å²) >= 11 is 0. The van der Waals surface area contributed by atoms with Crippen LogP contribution in [0.3, 0.4) is 0 Å². The Morgan fingerprint density at radius 1 is 1.30 bits per heavy atom. The number of hydrogen-bond donors (Lipinski definition) is 2. The van der Waals surface area contributed by atoms with Crippen molar-refractivity contribution in [3.8, 4) is 5.75 Å². The number of carbonyl (C=O) groups excluding carboxylic acids is 3. The summed E-state index contributed by atoms with van der Waals surface area (Å²) in [7, 11) is 0. The van der Waals surface area contributed by atoms with Gasteiger partial charge in [0.05, 0.1) is 31.9 Å². The molecule has 1 heterocycles. The molecule has 0 radical (unpaired) electrons. The van der Waals surface area contributed by atoms with E-state index in [1.807, 2.05) is 19.1 Å². The molecular weight excluding hydrogens is 386 g/mol. The van der Waals surface area contributed by atoms with Crippen LogP contribution in [-0.2, 0) is 19.1 Å². The normalized spacial score (nSPS) is 16.8. The monoisotopic (exact) mass is 419 g/mol. The molecule has 1 aromatic carbocycles. The van der Waals surface area contributed by atoms with Crippen molar-refractivity contribution >= 4 is 23.5 Å². The van der Waals surface area contributed by atoms with Crippen LogP contribution in [0.15, 0.2) is 24.3 Å². The molecule has 1 aliphatic rings. The van der Waals surface area contributed by atoms with Crippen LogP contribution in [0.1, 0.15) is 40.0 Å². The maximum Gasteiger partial charge on any atom is 0.307 e. The quantitative estimate of drug-likeness (QED) is 0.422. The first-order valence-corrected chi connectivity index (χ1v) is 10.6. The number of hydrogen-bond acceptors (Lipinski definition) is 6. The van der Waals surface area contributed by atoms with Gasteiger partial charge in [-0.15, -0.1) is 0 Å². The highest BCUT2D eigenvalue weighted by Crippen LogP contribution is 2.24. The smallest absolute Gasteiger partial charge is 0.307 e. The summed E-state index contributed by atoms with van der Waals surface area (Å²) in [6, 6.07) is 6.54. The van der Waals surface area contributed by atoms with E-state index in [4.69, 9.17) is 9.47 Å². The summed E-state index contributed by atoms with van der Waals surface area (Å²) in [6.07, 6.45) is 1.63. The maximum absolute atomic E-state index is 12.7. The Labute approximate surface area is 178 Å². The van der Waals surface area contributed by atoms with Gasteiger partial charge in [0.2, 0.25) is 11.8 Å². The van der Waals surface area contributed by atoms with Crippen molar-refractivity contribution < 1.29 is 23.9 Å². The number of amides is 2. The molecule has 1 aliphatic heterocycles. The lowest BCUT2D eigenvalue weighted by atomic mass is 10.1. The Bertz CT molecular complexity index is 722. The average molecular weight is 420 g/mol. The van der Waals surface area contributed by atoms with Crippen LogP contribution in [0.5, 0.6) is 5.75 Å². The Kier molecular flexibility index (Phi) is 9.60. The standard InChI is InChI=1S/C22H33N3O5/c1-4-5-12-29-21(27)13-18-22(28)23-10-11-25(18)14-20(26)24-17-8-6-7-9-19(17)30-15-16(2)3/h6-9,16,18H,4-5,10-15H2,1-3H3,(H,23,28)(H,24,26). The predicted molar refractivity (Wildman–Crippen MR) is 114 cm³/mol. The number of anilines is 1. The van der Waals surface area contributed by atoms with Crippen LogP contribution in [0.4, 0.5) is 5.69 Å². The molecule has 1 unspecified atom stereocenters. The van der Waals surface area contributed by atoms with Crippen molar-refractivity contribution in [1.82, 2.24) is 10.2 Å². The molecule has 1 saturated heterocycles. The molecule has 2 N–H and O–H groups in total. The number of para-hydroxylation sites is 2. The van der Waals surface area contributed by atoms with E-state index < -0.39 is 12.0 Å². The largest absolute Gasteiger partial charge is 0.491 e. The summed E-state index contributed by atoms with van der Waals surface area (Å²) in [6.45, 7) is 7.91. The molecule has 166 valence electrons. The highest BCUT2D eigenvalue weighted by atomic mass is 16.5. The topological polar surface area (TPSA) is 97.0 Å². The van der Waals surface area contributed by atoms with Gasteiger partial charge in [0.1, 0.15) is 11.8 Å². The van der Waals surface area contributed by atoms with Crippen LogP contribution in [0.25, 0.3) is 0 Å². The number of unbranched alkanes of at least 4 members (excludes halogenated alkanes) is 1. The number of carbonyl (C=O) groups is 3. The van der Waals surface area contributed by atoms with Crippen molar-refractivity contribution in [3.05, 3.63) is 24.3 Å². The molecule has 8 heteroatoms. The molecule has 1 atom stereocenters. The first-order chi connectivity index (χ1) is 14.4. The van der Waals surface area contributed by atoms with Gasteiger partial charge in [-0.25, -0.2) is 0 Å². The fourth-order valence-corrected chi connectivity index (χ4v) is 3.05. The third kappa shape index (κ3) is 7.67. The van der Waals surface area contributed by atoms with E-state index in [2.05, 4.69) is 24.5 Å². The van der Waals surface area contributed by atoms with Gasteiger partial charge in [0.15, 0.2) is 0 Å². The molecule has 0 spiro atoms. The summed E-state index contributed by atoms with van der Waals surface area (Å²) < 4.78 is 11.0. The molecule has 2 rings (SSSR count). The third-order valence-corrected chi connectivity index (χ3v) is 4.64. The number of rotatable bonds is 11. The maximum atomic E-state index is 12.7. The lowest BCUT2D eigenvalue weighted by Crippen LogP contribution is -2.57. The molecule has 0 aromatic heterocycles. The number of nitrogens with zero attached hydrogens (tertiary/aromatic N) is 1. The van der Waals surface area contributed by atoms with E-state index in [1.54, 1.807) is 17.0 Å².